The number of amides is 1. The SMILES string of the molecule is O=C(O)[C@@H]1CCCCN1C(=O)c1ccnc(Cl)c1. The molecular weight excluding hydrogens is 256 g/mol. The van der Waals surface area contributed by atoms with Gasteiger partial charge in [0.15, 0.2) is 0 Å². The molecule has 2 heterocycles. The average molecular weight is 269 g/mol. The van der Waals surface area contributed by atoms with Gasteiger partial charge in [-0.3, -0.25) is 4.79 Å². The maximum absolute atomic E-state index is 12.2. The first-order valence-electron chi connectivity index (χ1n) is 5.75. The molecule has 0 bridgehead atoms. The number of halogens is 1. The van der Waals surface area contributed by atoms with E-state index in [0.717, 1.165) is 12.8 Å². The molecule has 96 valence electrons. The lowest BCUT2D eigenvalue weighted by Gasteiger charge is -2.32. The third-order valence-corrected chi connectivity index (χ3v) is 3.23. The van der Waals surface area contributed by atoms with E-state index in [1.165, 1.54) is 17.2 Å². The molecular formula is C12H13ClN2O3. The van der Waals surface area contributed by atoms with Crippen LogP contribution >= 0.6 is 11.6 Å². The summed E-state index contributed by atoms with van der Waals surface area (Å²) in [6.45, 7) is 0.468. The second-order valence-electron chi connectivity index (χ2n) is 4.22. The van der Waals surface area contributed by atoms with Crippen molar-refractivity contribution in [3.05, 3.63) is 29.0 Å². The van der Waals surface area contributed by atoms with Gasteiger partial charge in [0.25, 0.3) is 5.91 Å². The van der Waals surface area contributed by atoms with Gasteiger partial charge in [0, 0.05) is 18.3 Å². The summed E-state index contributed by atoms with van der Waals surface area (Å²) in [5, 5.41) is 9.35. The highest BCUT2D eigenvalue weighted by Gasteiger charge is 2.32. The zero-order valence-corrected chi connectivity index (χ0v) is 10.4. The van der Waals surface area contributed by atoms with Gasteiger partial charge in [0.05, 0.1) is 0 Å². The largest absolute Gasteiger partial charge is 0.480 e. The Bertz CT molecular complexity index is 478. The number of pyridine rings is 1. The number of carbonyl (C=O) groups excluding carboxylic acids is 1. The van der Waals surface area contributed by atoms with Crippen molar-refractivity contribution in [2.75, 3.05) is 6.54 Å². The van der Waals surface area contributed by atoms with Crippen LogP contribution in [0, 0.1) is 0 Å². The van der Waals surface area contributed by atoms with Gasteiger partial charge in [-0.2, -0.15) is 0 Å². The van der Waals surface area contributed by atoms with Crippen molar-refractivity contribution in [1.82, 2.24) is 9.88 Å². The van der Waals surface area contributed by atoms with Crippen LogP contribution in [-0.2, 0) is 4.79 Å². The number of piperidine rings is 1. The number of nitrogens with zero attached hydrogens (tertiary/aromatic N) is 2. The predicted molar refractivity (Wildman–Crippen MR) is 65.6 cm³/mol. The molecule has 0 radical (unpaired) electrons. The zero-order chi connectivity index (χ0) is 13.1. The fourth-order valence-electron chi connectivity index (χ4n) is 2.13. The van der Waals surface area contributed by atoms with Crippen LogP contribution in [0.1, 0.15) is 29.6 Å². The quantitative estimate of drug-likeness (QED) is 0.831. The summed E-state index contributed by atoms with van der Waals surface area (Å²) < 4.78 is 0. The number of aromatic nitrogens is 1. The van der Waals surface area contributed by atoms with Crippen LogP contribution in [0.3, 0.4) is 0 Å². The van der Waals surface area contributed by atoms with E-state index >= 15 is 0 Å². The molecule has 1 aromatic rings. The van der Waals surface area contributed by atoms with Crippen LogP contribution in [0.4, 0.5) is 0 Å². The van der Waals surface area contributed by atoms with Crippen LogP contribution in [-0.4, -0.2) is 39.5 Å². The molecule has 0 saturated carbocycles. The molecule has 18 heavy (non-hydrogen) atoms. The van der Waals surface area contributed by atoms with E-state index in [1.807, 2.05) is 0 Å². The van der Waals surface area contributed by atoms with Crippen LogP contribution < -0.4 is 0 Å². The predicted octanol–water partition coefficient (Wildman–Crippen LogP) is 1.81. The first-order chi connectivity index (χ1) is 8.59. The van der Waals surface area contributed by atoms with E-state index in [0.29, 0.717) is 18.5 Å². The number of rotatable bonds is 2. The van der Waals surface area contributed by atoms with Gasteiger partial charge >= 0.3 is 5.97 Å². The number of hydrogen-bond donors (Lipinski definition) is 1. The summed E-state index contributed by atoms with van der Waals surface area (Å²) in [4.78, 5) is 28.6. The number of aliphatic carboxylic acids is 1. The molecule has 0 aliphatic carbocycles. The Labute approximate surface area is 109 Å². The highest BCUT2D eigenvalue weighted by molar-refractivity contribution is 6.29. The summed E-state index contributed by atoms with van der Waals surface area (Å²) >= 11 is 5.73. The minimum atomic E-state index is -0.955. The Morgan fingerprint density at radius 3 is 2.89 bits per heavy atom. The van der Waals surface area contributed by atoms with Crippen LogP contribution in [0.2, 0.25) is 5.15 Å². The number of carboxylic acids is 1. The molecule has 1 atom stereocenters. The van der Waals surface area contributed by atoms with E-state index in [9.17, 15) is 9.59 Å². The zero-order valence-electron chi connectivity index (χ0n) is 9.67. The molecule has 1 aromatic heterocycles. The maximum atomic E-state index is 12.2. The van der Waals surface area contributed by atoms with Crippen molar-refractivity contribution >= 4 is 23.5 Å². The maximum Gasteiger partial charge on any atom is 0.326 e. The van der Waals surface area contributed by atoms with E-state index in [-0.39, 0.29) is 11.1 Å². The Balaban J connectivity index is 2.23. The summed E-state index contributed by atoms with van der Waals surface area (Å²) in [5.41, 5.74) is 0.378. The minimum absolute atomic E-state index is 0.227. The Hall–Kier alpha value is -1.62. The number of hydrogen-bond acceptors (Lipinski definition) is 3. The lowest BCUT2D eigenvalue weighted by atomic mass is 10.0. The van der Waals surface area contributed by atoms with Gasteiger partial charge in [0.1, 0.15) is 11.2 Å². The highest BCUT2D eigenvalue weighted by atomic mass is 35.5. The minimum Gasteiger partial charge on any atom is -0.480 e. The fraction of sp³-hybridized carbons (Fsp3) is 0.417. The molecule has 1 N–H and O–H groups in total. The smallest absolute Gasteiger partial charge is 0.326 e. The first kappa shape index (κ1) is 12.8. The monoisotopic (exact) mass is 268 g/mol. The van der Waals surface area contributed by atoms with Crippen molar-refractivity contribution in [3.63, 3.8) is 0 Å². The molecule has 1 aliphatic heterocycles. The standard InChI is InChI=1S/C12H13ClN2O3/c13-10-7-8(4-5-14-10)11(16)15-6-2-1-3-9(15)12(17)18/h4-5,7,9H,1-3,6H2,(H,17,18)/t9-/m0/s1. The van der Waals surface area contributed by atoms with Gasteiger partial charge in [-0.25, -0.2) is 9.78 Å². The van der Waals surface area contributed by atoms with Gasteiger partial charge in [-0.1, -0.05) is 11.6 Å². The van der Waals surface area contributed by atoms with E-state index < -0.39 is 12.0 Å². The molecule has 5 nitrogen and oxygen atoms in total. The molecule has 0 spiro atoms. The molecule has 1 saturated heterocycles. The second-order valence-corrected chi connectivity index (χ2v) is 4.60. The molecule has 0 aromatic carbocycles. The van der Waals surface area contributed by atoms with Crippen molar-refractivity contribution in [3.8, 4) is 0 Å². The van der Waals surface area contributed by atoms with Crippen LogP contribution in [0.5, 0.6) is 0 Å². The van der Waals surface area contributed by atoms with Crippen molar-refractivity contribution in [2.45, 2.75) is 25.3 Å². The van der Waals surface area contributed by atoms with Gasteiger partial charge in [-0.15, -0.1) is 0 Å². The fourth-order valence-corrected chi connectivity index (χ4v) is 2.31. The summed E-state index contributed by atoms with van der Waals surface area (Å²) in [6.07, 6.45) is 3.60. The summed E-state index contributed by atoms with van der Waals surface area (Å²) in [5.74, 6) is -1.25. The first-order valence-corrected chi connectivity index (χ1v) is 6.12. The lowest BCUT2D eigenvalue weighted by molar-refractivity contribution is -0.143. The number of carbonyl (C=O) groups is 2. The Kier molecular flexibility index (Phi) is 3.81. The van der Waals surface area contributed by atoms with Crippen LogP contribution in [0.15, 0.2) is 18.3 Å². The topological polar surface area (TPSA) is 70.5 Å². The molecule has 6 heteroatoms. The Morgan fingerprint density at radius 1 is 1.44 bits per heavy atom. The van der Waals surface area contributed by atoms with Crippen molar-refractivity contribution < 1.29 is 14.7 Å². The second kappa shape index (κ2) is 5.35. The normalized spacial score (nSPS) is 19.6. The highest BCUT2D eigenvalue weighted by Crippen LogP contribution is 2.20. The van der Waals surface area contributed by atoms with E-state index in [4.69, 9.17) is 16.7 Å². The molecule has 1 aliphatic rings. The lowest BCUT2D eigenvalue weighted by Crippen LogP contribution is -2.47. The number of carboxylic acid groups (broad SMARTS) is 1. The van der Waals surface area contributed by atoms with E-state index in [2.05, 4.69) is 4.98 Å². The van der Waals surface area contributed by atoms with Gasteiger partial charge in [0.2, 0.25) is 0 Å². The average Bonchev–Trinajstić information content (AvgIpc) is 2.38. The third kappa shape index (κ3) is 2.61. The van der Waals surface area contributed by atoms with Gasteiger partial charge < -0.3 is 10.0 Å². The van der Waals surface area contributed by atoms with Gasteiger partial charge in [-0.05, 0) is 31.4 Å². The summed E-state index contributed by atoms with van der Waals surface area (Å²) in [6, 6.07) is 2.26. The van der Waals surface area contributed by atoms with E-state index in [1.54, 1.807) is 6.07 Å². The third-order valence-electron chi connectivity index (χ3n) is 3.02. The summed E-state index contributed by atoms with van der Waals surface area (Å²) in [7, 11) is 0. The molecule has 2 rings (SSSR count). The molecule has 1 amide bonds. The number of likely N-dealkylation sites (tertiary alicyclic amines) is 1. The molecule has 0 unspecified atom stereocenters. The van der Waals surface area contributed by atoms with Crippen molar-refractivity contribution in [2.24, 2.45) is 0 Å². The van der Waals surface area contributed by atoms with Crippen LogP contribution in [0.25, 0.3) is 0 Å². The Morgan fingerprint density at radius 2 is 2.22 bits per heavy atom. The molecule has 1 fully saturated rings. The van der Waals surface area contributed by atoms with Crippen molar-refractivity contribution in [1.29, 1.82) is 0 Å².